The highest BCUT2D eigenvalue weighted by Gasteiger charge is 2.06. The molecule has 0 saturated carbocycles. The molecule has 0 spiro atoms. The minimum atomic E-state index is 0.538. The normalized spacial score (nSPS) is 10.3. The summed E-state index contributed by atoms with van der Waals surface area (Å²) in [6.07, 6.45) is 1.58. The van der Waals surface area contributed by atoms with Gasteiger partial charge in [0.1, 0.15) is 10.8 Å². The molecule has 2 rings (SSSR count). The van der Waals surface area contributed by atoms with Crippen molar-refractivity contribution >= 4 is 48.2 Å². The SMILES string of the molecule is Nc1cnc(Oc2ccc(Br)cc2Br)s1. The quantitative estimate of drug-likeness (QED) is 0.889. The summed E-state index contributed by atoms with van der Waals surface area (Å²) in [7, 11) is 0. The first kappa shape index (κ1) is 10.9. The molecule has 0 saturated heterocycles. The number of hydrogen-bond donors (Lipinski definition) is 1. The van der Waals surface area contributed by atoms with Gasteiger partial charge in [0.2, 0.25) is 0 Å². The van der Waals surface area contributed by atoms with Crippen molar-refractivity contribution in [3.8, 4) is 10.9 Å². The van der Waals surface area contributed by atoms with Gasteiger partial charge in [0, 0.05) is 4.47 Å². The number of nitrogens with two attached hydrogens (primary N) is 1. The van der Waals surface area contributed by atoms with E-state index in [-0.39, 0.29) is 0 Å². The van der Waals surface area contributed by atoms with Crippen molar-refractivity contribution in [2.24, 2.45) is 0 Å². The Labute approximate surface area is 108 Å². The van der Waals surface area contributed by atoms with Gasteiger partial charge >= 0.3 is 0 Å². The van der Waals surface area contributed by atoms with E-state index in [4.69, 9.17) is 10.5 Å². The molecule has 0 atom stereocenters. The van der Waals surface area contributed by atoms with Crippen LogP contribution in [0.25, 0.3) is 0 Å². The summed E-state index contributed by atoms with van der Waals surface area (Å²) in [5.41, 5.74) is 5.55. The molecule has 2 aromatic rings. The molecule has 0 unspecified atom stereocenters. The van der Waals surface area contributed by atoms with Crippen molar-refractivity contribution in [3.05, 3.63) is 33.3 Å². The predicted molar refractivity (Wildman–Crippen MR) is 68.4 cm³/mol. The van der Waals surface area contributed by atoms with E-state index in [1.54, 1.807) is 6.20 Å². The predicted octanol–water partition coefficient (Wildman–Crippen LogP) is 4.04. The Kier molecular flexibility index (Phi) is 3.28. The van der Waals surface area contributed by atoms with Gasteiger partial charge in [-0.2, -0.15) is 0 Å². The highest BCUT2D eigenvalue weighted by atomic mass is 79.9. The second-order valence-corrected chi connectivity index (χ2v) is 5.50. The second kappa shape index (κ2) is 4.51. The van der Waals surface area contributed by atoms with E-state index in [0.29, 0.717) is 15.9 Å². The van der Waals surface area contributed by atoms with Crippen LogP contribution >= 0.6 is 43.2 Å². The van der Waals surface area contributed by atoms with Gasteiger partial charge in [0.05, 0.1) is 10.7 Å². The molecule has 0 bridgehead atoms. The summed E-state index contributed by atoms with van der Waals surface area (Å²) in [5, 5.41) is 1.17. The molecule has 0 fully saturated rings. The van der Waals surface area contributed by atoms with Crippen LogP contribution in [0, 0.1) is 0 Å². The third-order valence-corrected chi connectivity index (χ3v) is 3.41. The minimum Gasteiger partial charge on any atom is -0.430 e. The lowest BCUT2D eigenvalue weighted by molar-refractivity contribution is 0.476. The van der Waals surface area contributed by atoms with Gasteiger partial charge in [0.25, 0.3) is 5.19 Å². The number of benzene rings is 1. The topological polar surface area (TPSA) is 48.1 Å². The van der Waals surface area contributed by atoms with Gasteiger partial charge in [-0.15, -0.1) is 0 Å². The fourth-order valence-corrected chi connectivity index (χ4v) is 2.64. The van der Waals surface area contributed by atoms with Crippen molar-refractivity contribution in [3.63, 3.8) is 0 Å². The molecule has 0 aliphatic rings. The smallest absolute Gasteiger partial charge is 0.280 e. The first-order chi connectivity index (χ1) is 7.15. The Hall–Kier alpha value is -0.590. The lowest BCUT2D eigenvalue weighted by atomic mass is 10.3. The van der Waals surface area contributed by atoms with E-state index in [1.165, 1.54) is 11.3 Å². The van der Waals surface area contributed by atoms with Crippen LogP contribution in [0.3, 0.4) is 0 Å². The first-order valence-electron chi connectivity index (χ1n) is 3.99. The Bertz CT molecular complexity index is 487. The minimum absolute atomic E-state index is 0.538. The van der Waals surface area contributed by atoms with Gasteiger partial charge in [-0.25, -0.2) is 4.98 Å². The number of aromatic nitrogens is 1. The fourth-order valence-electron chi connectivity index (χ4n) is 0.969. The number of nitrogens with zero attached hydrogens (tertiary/aromatic N) is 1. The van der Waals surface area contributed by atoms with Crippen LogP contribution < -0.4 is 10.5 Å². The van der Waals surface area contributed by atoms with Gasteiger partial charge in [-0.1, -0.05) is 27.3 Å². The molecule has 0 aliphatic carbocycles. The maximum absolute atomic E-state index is 5.55. The van der Waals surface area contributed by atoms with E-state index in [2.05, 4.69) is 36.8 Å². The lowest BCUT2D eigenvalue weighted by Crippen LogP contribution is -1.83. The molecule has 0 radical (unpaired) electrons. The monoisotopic (exact) mass is 348 g/mol. The van der Waals surface area contributed by atoms with E-state index in [9.17, 15) is 0 Å². The Morgan fingerprint density at radius 3 is 2.73 bits per heavy atom. The maximum atomic E-state index is 5.55. The molecule has 3 nitrogen and oxygen atoms in total. The van der Waals surface area contributed by atoms with Crippen molar-refractivity contribution in [1.82, 2.24) is 4.98 Å². The molecule has 1 heterocycles. The van der Waals surface area contributed by atoms with Crippen LogP contribution in [0.5, 0.6) is 10.9 Å². The number of thiazole rings is 1. The summed E-state index contributed by atoms with van der Waals surface area (Å²) < 4.78 is 7.40. The Morgan fingerprint density at radius 2 is 2.13 bits per heavy atom. The molecule has 6 heteroatoms. The van der Waals surface area contributed by atoms with Crippen LogP contribution in [0.4, 0.5) is 5.00 Å². The van der Waals surface area contributed by atoms with E-state index in [0.717, 1.165) is 8.95 Å². The molecule has 1 aromatic carbocycles. The zero-order chi connectivity index (χ0) is 10.8. The Morgan fingerprint density at radius 1 is 1.33 bits per heavy atom. The first-order valence-corrected chi connectivity index (χ1v) is 6.39. The van der Waals surface area contributed by atoms with Crippen molar-refractivity contribution in [2.75, 3.05) is 5.73 Å². The molecule has 0 amide bonds. The molecule has 0 aliphatic heterocycles. The largest absolute Gasteiger partial charge is 0.430 e. The second-order valence-electron chi connectivity index (χ2n) is 2.71. The van der Waals surface area contributed by atoms with E-state index < -0.39 is 0 Å². The van der Waals surface area contributed by atoms with E-state index in [1.807, 2.05) is 18.2 Å². The van der Waals surface area contributed by atoms with E-state index >= 15 is 0 Å². The number of nitrogen functional groups attached to an aromatic ring is 1. The van der Waals surface area contributed by atoms with Crippen LogP contribution in [0.2, 0.25) is 0 Å². The Balaban J connectivity index is 2.24. The highest BCUT2D eigenvalue weighted by Crippen LogP contribution is 2.34. The van der Waals surface area contributed by atoms with Crippen molar-refractivity contribution in [2.45, 2.75) is 0 Å². The number of hydrogen-bond acceptors (Lipinski definition) is 4. The van der Waals surface area contributed by atoms with Crippen LogP contribution in [-0.4, -0.2) is 4.98 Å². The fraction of sp³-hybridized carbons (Fsp3) is 0. The third kappa shape index (κ3) is 2.70. The van der Waals surface area contributed by atoms with Gasteiger partial charge in [-0.3, -0.25) is 0 Å². The van der Waals surface area contributed by atoms with Gasteiger partial charge in [-0.05, 0) is 34.1 Å². The average molecular weight is 350 g/mol. The molecule has 78 valence electrons. The summed E-state index contributed by atoms with van der Waals surface area (Å²) in [5.74, 6) is 0.715. The van der Waals surface area contributed by atoms with Gasteiger partial charge in [0.15, 0.2) is 0 Å². The molecule has 1 aromatic heterocycles. The van der Waals surface area contributed by atoms with Crippen LogP contribution in [0.15, 0.2) is 33.3 Å². The maximum Gasteiger partial charge on any atom is 0.280 e. The number of halogens is 2. The lowest BCUT2D eigenvalue weighted by Gasteiger charge is -2.03. The molecule has 2 N–H and O–H groups in total. The van der Waals surface area contributed by atoms with Gasteiger partial charge < -0.3 is 10.5 Å². The van der Waals surface area contributed by atoms with Crippen molar-refractivity contribution in [1.29, 1.82) is 0 Å². The third-order valence-electron chi connectivity index (χ3n) is 1.59. The highest BCUT2D eigenvalue weighted by molar-refractivity contribution is 9.11. The van der Waals surface area contributed by atoms with Crippen LogP contribution in [0.1, 0.15) is 0 Å². The van der Waals surface area contributed by atoms with Crippen molar-refractivity contribution < 1.29 is 4.74 Å². The summed E-state index contributed by atoms with van der Waals surface area (Å²) in [6, 6.07) is 5.66. The van der Waals surface area contributed by atoms with Crippen LogP contribution in [-0.2, 0) is 0 Å². The standard InChI is InChI=1S/C9H6Br2N2OS/c10-5-1-2-7(6(11)3-5)14-9-13-4-8(12)15-9/h1-4H,12H2. The zero-order valence-corrected chi connectivity index (χ0v) is 11.4. The molecular formula is C9H6Br2N2OS. The zero-order valence-electron chi connectivity index (χ0n) is 7.41. The average Bonchev–Trinajstić information content (AvgIpc) is 2.56. The molecule has 15 heavy (non-hydrogen) atoms. The molecular weight excluding hydrogens is 344 g/mol. The summed E-state index contributed by atoms with van der Waals surface area (Å²) in [4.78, 5) is 4.01. The summed E-state index contributed by atoms with van der Waals surface area (Å²) >= 11 is 8.08. The number of ether oxygens (including phenoxy) is 1. The number of rotatable bonds is 2. The summed E-state index contributed by atoms with van der Waals surface area (Å²) in [6.45, 7) is 0. The number of anilines is 1.